The van der Waals surface area contributed by atoms with Crippen molar-refractivity contribution in [3.63, 3.8) is 0 Å². The first-order valence-electron chi connectivity index (χ1n) is 9.19. The number of rotatable bonds is 6. The number of hydrogen-bond acceptors (Lipinski definition) is 4. The van der Waals surface area contributed by atoms with Gasteiger partial charge in [0.1, 0.15) is 5.69 Å². The summed E-state index contributed by atoms with van der Waals surface area (Å²) in [4.78, 5) is 28.3. The van der Waals surface area contributed by atoms with E-state index in [0.29, 0.717) is 0 Å². The van der Waals surface area contributed by atoms with Crippen LogP contribution >= 0.6 is 0 Å². The second-order valence-electron chi connectivity index (χ2n) is 6.97. The Morgan fingerprint density at radius 1 is 1.17 bits per heavy atom. The van der Waals surface area contributed by atoms with Gasteiger partial charge in [0.05, 0.1) is 11.9 Å². The second-order valence-corrected chi connectivity index (χ2v) is 6.97. The maximum absolute atomic E-state index is 14.1. The highest BCUT2D eigenvalue weighted by atomic mass is 19.1. The maximum atomic E-state index is 14.1. The first kappa shape index (κ1) is 20.2. The molecule has 7 nitrogen and oxygen atoms in total. The molecule has 0 radical (unpaired) electrons. The van der Waals surface area contributed by atoms with Gasteiger partial charge in [-0.3, -0.25) is 9.59 Å². The molecule has 1 aromatic carbocycles. The number of benzene rings is 1. The zero-order valence-corrected chi connectivity index (χ0v) is 16.4. The fourth-order valence-electron chi connectivity index (χ4n) is 2.69. The molecule has 3 rings (SSSR count). The quantitative estimate of drug-likeness (QED) is 0.672. The molecule has 0 aliphatic carbocycles. The average molecular weight is 395 g/mol. The Morgan fingerprint density at radius 2 is 1.97 bits per heavy atom. The van der Waals surface area contributed by atoms with Gasteiger partial charge in [-0.2, -0.15) is 5.10 Å². The van der Waals surface area contributed by atoms with Crippen LogP contribution in [-0.2, 0) is 6.54 Å². The summed E-state index contributed by atoms with van der Waals surface area (Å²) in [6, 6.07) is 10.0. The lowest BCUT2D eigenvalue weighted by molar-refractivity contribution is 0.0934. The molecular formula is C21H22FN5O2. The molecule has 0 saturated heterocycles. The highest BCUT2D eigenvalue weighted by Gasteiger charge is 2.18. The number of aryl methyl sites for hydroxylation is 1. The summed E-state index contributed by atoms with van der Waals surface area (Å²) in [5, 5.41) is 9.55. The summed E-state index contributed by atoms with van der Waals surface area (Å²) in [5.41, 5.74) is 2.31. The van der Waals surface area contributed by atoms with Crippen LogP contribution in [0.2, 0.25) is 0 Å². The normalized spacial score (nSPS) is 10.8. The number of carbonyl (C=O) groups is 2. The van der Waals surface area contributed by atoms with Crippen molar-refractivity contribution in [2.45, 2.75) is 33.4 Å². The van der Waals surface area contributed by atoms with Crippen molar-refractivity contribution in [2.75, 3.05) is 0 Å². The molecule has 0 aliphatic rings. The van der Waals surface area contributed by atoms with E-state index in [-0.39, 0.29) is 18.3 Å². The zero-order valence-electron chi connectivity index (χ0n) is 16.4. The van der Waals surface area contributed by atoms with Gasteiger partial charge < -0.3 is 10.6 Å². The van der Waals surface area contributed by atoms with Crippen molar-refractivity contribution < 1.29 is 14.0 Å². The van der Waals surface area contributed by atoms with Gasteiger partial charge in [-0.25, -0.2) is 14.1 Å². The van der Waals surface area contributed by atoms with E-state index in [2.05, 4.69) is 20.7 Å². The molecule has 8 heteroatoms. The number of nitrogens with zero attached hydrogens (tertiary/aromatic N) is 3. The van der Waals surface area contributed by atoms with E-state index in [1.807, 2.05) is 31.2 Å². The van der Waals surface area contributed by atoms with E-state index in [0.717, 1.165) is 22.9 Å². The Kier molecular flexibility index (Phi) is 6.01. The Hall–Kier alpha value is -3.55. The molecule has 0 bridgehead atoms. The zero-order chi connectivity index (χ0) is 21.0. The topological polar surface area (TPSA) is 88.9 Å². The highest BCUT2D eigenvalue weighted by Crippen LogP contribution is 2.11. The number of halogens is 1. The van der Waals surface area contributed by atoms with Crippen LogP contribution in [-0.4, -0.2) is 32.6 Å². The predicted octanol–water partition coefficient (Wildman–Crippen LogP) is 2.78. The average Bonchev–Trinajstić information content (AvgIpc) is 3.15. The lowest BCUT2D eigenvalue weighted by Crippen LogP contribution is -2.32. The van der Waals surface area contributed by atoms with Gasteiger partial charge in [0.2, 0.25) is 0 Å². The Bertz CT molecular complexity index is 1050. The van der Waals surface area contributed by atoms with Crippen molar-refractivity contribution in [3.05, 3.63) is 77.1 Å². The third-order valence-electron chi connectivity index (χ3n) is 4.07. The molecule has 0 atom stereocenters. The van der Waals surface area contributed by atoms with Crippen LogP contribution in [0.5, 0.6) is 0 Å². The van der Waals surface area contributed by atoms with Gasteiger partial charge in [0, 0.05) is 24.3 Å². The van der Waals surface area contributed by atoms with E-state index < -0.39 is 23.3 Å². The minimum Gasteiger partial charge on any atom is -0.349 e. The van der Waals surface area contributed by atoms with Crippen molar-refractivity contribution in [3.8, 4) is 5.69 Å². The molecule has 0 saturated carbocycles. The molecule has 0 fully saturated rings. The van der Waals surface area contributed by atoms with Crippen LogP contribution in [0.4, 0.5) is 4.39 Å². The molecule has 0 spiro atoms. The van der Waals surface area contributed by atoms with E-state index >= 15 is 0 Å². The molecule has 3 aromatic rings. The summed E-state index contributed by atoms with van der Waals surface area (Å²) < 4.78 is 15.8. The molecule has 2 N–H and O–H groups in total. The van der Waals surface area contributed by atoms with Gasteiger partial charge in [-0.05, 0) is 50.6 Å². The minimum atomic E-state index is -0.793. The van der Waals surface area contributed by atoms with Crippen LogP contribution in [0, 0.1) is 12.7 Å². The number of amides is 2. The largest absolute Gasteiger partial charge is 0.349 e. The van der Waals surface area contributed by atoms with Gasteiger partial charge in [0.25, 0.3) is 11.8 Å². The number of aromatic nitrogens is 3. The predicted molar refractivity (Wildman–Crippen MR) is 106 cm³/mol. The summed E-state index contributed by atoms with van der Waals surface area (Å²) in [6.45, 7) is 5.73. The number of nitrogens with one attached hydrogen (secondary N) is 2. The lowest BCUT2D eigenvalue weighted by Gasteiger charge is -2.09. The van der Waals surface area contributed by atoms with Gasteiger partial charge in [-0.1, -0.05) is 12.1 Å². The van der Waals surface area contributed by atoms with Crippen LogP contribution in [0.15, 0.2) is 48.8 Å². The Balaban J connectivity index is 1.69. The highest BCUT2D eigenvalue weighted by molar-refractivity contribution is 5.96. The third kappa shape index (κ3) is 5.04. The maximum Gasteiger partial charge on any atom is 0.273 e. The summed E-state index contributed by atoms with van der Waals surface area (Å²) in [7, 11) is 0. The van der Waals surface area contributed by atoms with E-state index in [4.69, 9.17) is 0 Å². The van der Waals surface area contributed by atoms with Gasteiger partial charge in [-0.15, -0.1) is 0 Å². The van der Waals surface area contributed by atoms with E-state index in [1.54, 1.807) is 30.9 Å². The standard InChI is InChI=1S/C21H22FN5O2/c1-13(2)25-20(28)18-8-7-17(22)19(26-18)21(29)23-10-15-11-24-27(12-15)16-6-4-5-14(3)9-16/h4-9,11-13H,10H2,1-3H3,(H,23,29)(H,25,28). The molecule has 29 heavy (non-hydrogen) atoms. The van der Waals surface area contributed by atoms with Crippen LogP contribution in [0.25, 0.3) is 5.69 Å². The number of hydrogen-bond donors (Lipinski definition) is 2. The van der Waals surface area contributed by atoms with Crippen LogP contribution in [0.3, 0.4) is 0 Å². The van der Waals surface area contributed by atoms with Crippen molar-refractivity contribution in [1.82, 2.24) is 25.4 Å². The van der Waals surface area contributed by atoms with Gasteiger partial charge >= 0.3 is 0 Å². The number of carbonyl (C=O) groups excluding carboxylic acids is 2. The summed E-state index contributed by atoms with van der Waals surface area (Å²) >= 11 is 0. The minimum absolute atomic E-state index is 0.0162. The first-order valence-corrected chi connectivity index (χ1v) is 9.19. The third-order valence-corrected chi connectivity index (χ3v) is 4.07. The van der Waals surface area contributed by atoms with Crippen LogP contribution < -0.4 is 10.6 Å². The monoisotopic (exact) mass is 395 g/mol. The Labute approximate surface area is 168 Å². The lowest BCUT2D eigenvalue weighted by atomic mass is 10.2. The molecule has 0 unspecified atom stereocenters. The molecule has 150 valence electrons. The summed E-state index contributed by atoms with van der Waals surface area (Å²) in [5.74, 6) is -1.96. The smallest absolute Gasteiger partial charge is 0.273 e. The first-order chi connectivity index (χ1) is 13.8. The molecular weight excluding hydrogens is 373 g/mol. The second kappa shape index (κ2) is 8.64. The van der Waals surface area contributed by atoms with Crippen LogP contribution in [0.1, 0.15) is 46.0 Å². The van der Waals surface area contributed by atoms with Crippen molar-refractivity contribution in [2.24, 2.45) is 0 Å². The van der Waals surface area contributed by atoms with Crippen molar-refractivity contribution in [1.29, 1.82) is 0 Å². The molecule has 2 heterocycles. The number of pyridine rings is 1. The fraction of sp³-hybridized carbons (Fsp3) is 0.238. The van der Waals surface area contributed by atoms with E-state index in [9.17, 15) is 14.0 Å². The molecule has 0 aliphatic heterocycles. The van der Waals surface area contributed by atoms with E-state index in [1.165, 1.54) is 6.07 Å². The fourth-order valence-corrected chi connectivity index (χ4v) is 2.69. The molecule has 2 amide bonds. The van der Waals surface area contributed by atoms with Crippen molar-refractivity contribution >= 4 is 11.8 Å². The summed E-state index contributed by atoms with van der Waals surface area (Å²) in [6.07, 6.45) is 3.41. The molecule has 2 aromatic heterocycles. The van der Waals surface area contributed by atoms with Gasteiger partial charge in [0.15, 0.2) is 11.5 Å². The Morgan fingerprint density at radius 3 is 2.69 bits per heavy atom. The SMILES string of the molecule is Cc1cccc(-n2cc(CNC(=O)c3nc(C(=O)NC(C)C)ccc3F)cn2)c1.